The molecular weight excluding hydrogens is 212 g/mol. The van der Waals surface area contributed by atoms with Crippen LogP contribution >= 0.6 is 0 Å². The number of hydrogen-bond donors (Lipinski definition) is 1. The van der Waals surface area contributed by atoms with Gasteiger partial charge in [0.1, 0.15) is 0 Å². The molecule has 0 aromatic heterocycles. The summed E-state index contributed by atoms with van der Waals surface area (Å²) in [6, 6.07) is 0. The summed E-state index contributed by atoms with van der Waals surface area (Å²) >= 11 is 0. The number of piperidine rings is 1. The van der Waals surface area contributed by atoms with Gasteiger partial charge in [-0.15, -0.1) is 0 Å². The topological polar surface area (TPSA) is 32.3 Å². The van der Waals surface area contributed by atoms with Crippen molar-refractivity contribution in [1.29, 1.82) is 0 Å². The molecule has 1 saturated heterocycles. The van der Waals surface area contributed by atoms with Gasteiger partial charge in [0.2, 0.25) is 5.91 Å². The predicted molar refractivity (Wildman–Crippen MR) is 72.0 cm³/mol. The van der Waals surface area contributed by atoms with Gasteiger partial charge in [-0.05, 0) is 45.6 Å². The number of rotatable bonds is 5. The Kier molecular flexibility index (Phi) is 5.44. The zero-order valence-corrected chi connectivity index (χ0v) is 11.9. The molecule has 1 rings (SSSR count). The zero-order chi connectivity index (χ0) is 12.9. The molecular formula is C14H28N2O. The average molecular weight is 240 g/mol. The molecule has 1 aliphatic heterocycles. The molecule has 17 heavy (non-hydrogen) atoms. The number of carbonyl (C=O) groups excluding carboxylic acids is 1. The first-order valence-corrected chi connectivity index (χ1v) is 6.94. The van der Waals surface area contributed by atoms with Gasteiger partial charge in [-0.3, -0.25) is 4.79 Å². The maximum atomic E-state index is 12.3. The van der Waals surface area contributed by atoms with Crippen molar-refractivity contribution in [2.75, 3.05) is 20.1 Å². The minimum Gasteiger partial charge on any atom is -0.336 e. The standard InChI is InChI=1S/C14H28N2O/c1-12(2)7-8-13(17)16-10-6-5-9-14(16,3)11-15-4/h12,15H,5-11H2,1-4H3. The number of likely N-dealkylation sites (N-methyl/N-ethyl adjacent to an activating group) is 1. The fourth-order valence-corrected chi connectivity index (χ4v) is 2.72. The number of hydrogen-bond acceptors (Lipinski definition) is 2. The Morgan fingerprint density at radius 3 is 2.71 bits per heavy atom. The monoisotopic (exact) mass is 240 g/mol. The van der Waals surface area contributed by atoms with Gasteiger partial charge in [0, 0.05) is 19.5 Å². The van der Waals surface area contributed by atoms with Crippen LogP contribution < -0.4 is 5.32 Å². The van der Waals surface area contributed by atoms with Crippen molar-refractivity contribution in [1.82, 2.24) is 10.2 Å². The van der Waals surface area contributed by atoms with Gasteiger partial charge >= 0.3 is 0 Å². The molecule has 1 unspecified atom stereocenters. The molecule has 3 nitrogen and oxygen atoms in total. The predicted octanol–water partition coefficient (Wildman–Crippen LogP) is 2.41. The largest absolute Gasteiger partial charge is 0.336 e. The lowest BCUT2D eigenvalue weighted by molar-refractivity contribution is -0.139. The zero-order valence-electron chi connectivity index (χ0n) is 11.9. The maximum absolute atomic E-state index is 12.3. The second kappa shape index (κ2) is 6.39. The molecule has 3 heteroatoms. The lowest BCUT2D eigenvalue weighted by Crippen LogP contribution is -2.57. The van der Waals surface area contributed by atoms with E-state index in [1.165, 1.54) is 6.42 Å². The average Bonchev–Trinajstić information content (AvgIpc) is 2.26. The van der Waals surface area contributed by atoms with Crippen molar-refractivity contribution in [3.63, 3.8) is 0 Å². The van der Waals surface area contributed by atoms with Crippen molar-refractivity contribution >= 4 is 5.91 Å². The highest BCUT2D eigenvalue weighted by Gasteiger charge is 2.36. The van der Waals surface area contributed by atoms with Crippen LogP contribution in [-0.2, 0) is 4.79 Å². The highest BCUT2D eigenvalue weighted by Crippen LogP contribution is 2.28. The van der Waals surface area contributed by atoms with Crippen LogP contribution in [0.15, 0.2) is 0 Å². The van der Waals surface area contributed by atoms with Gasteiger partial charge in [-0.25, -0.2) is 0 Å². The normalized spacial score (nSPS) is 25.4. The van der Waals surface area contributed by atoms with Crippen molar-refractivity contribution in [3.05, 3.63) is 0 Å². The van der Waals surface area contributed by atoms with Crippen LogP contribution in [0.5, 0.6) is 0 Å². The van der Waals surface area contributed by atoms with E-state index in [0.717, 1.165) is 32.4 Å². The van der Waals surface area contributed by atoms with E-state index in [4.69, 9.17) is 0 Å². The molecule has 1 aliphatic rings. The lowest BCUT2D eigenvalue weighted by atomic mass is 9.87. The second-order valence-corrected chi connectivity index (χ2v) is 5.96. The van der Waals surface area contributed by atoms with Gasteiger partial charge in [0.15, 0.2) is 0 Å². The van der Waals surface area contributed by atoms with Crippen LogP contribution in [0, 0.1) is 5.92 Å². The minimum atomic E-state index is 0.0288. The Morgan fingerprint density at radius 1 is 1.41 bits per heavy atom. The van der Waals surface area contributed by atoms with Crippen molar-refractivity contribution < 1.29 is 4.79 Å². The quantitative estimate of drug-likeness (QED) is 0.800. The maximum Gasteiger partial charge on any atom is 0.223 e. The van der Waals surface area contributed by atoms with E-state index in [1.807, 2.05) is 7.05 Å². The first-order valence-electron chi connectivity index (χ1n) is 6.94. The first kappa shape index (κ1) is 14.5. The second-order valence-electron chi connectivity index (χ2n) is 5.96. The molecule has 0 saturated carbocycles. The Labute approximate surface area is 106 Å². The molecule has 0 bridgehead atoms. The molecule has 0 aromatic rings. The SMILES string of the molecule is CNCC1(C)CCCCN1C(=O)CCC(C)C. The molecule has 0 spiro atoms. The van der Waals surface area contributed by atoms with Crippen LogP contribution in [-0.4, -0.2) is 36.5 Å². The van der Waals surface area contributed by atoms with Crippen LogP contribution in [0.3, 0.4) is 0 Å². The molecule has 0 radical (unpaired) electrons. The Morgan fingerprint density at radius 2 is 2.12 bits per heavy atom. The minimum absolute atomic E-state index is 0.0288. The first-order chi connectivity index (χ1) is 7.99. The van der Waals surface area contributed by atoms with Crippen molar-refractivity contribution in [3.8, 4) is 0 Å². The van der Waals surface area contributed by atoms with Gasteiger partial charge in [-0.2, -0.15) is 0 Å². The van der Waals surface area contributed by atoms with E-state index >= 15 is 0 Å². The Bertz CT molecular complexity index is 249. The summed E-state index contributed by atoms with van der Waals surface area (Å²) in [5.74, 6) is 0.954. The van der Waals surface area contributed by atoms with Crippen molar-refractivity contribution in [2.24, 2.45) is 5.92 Å². The summed E-state index contributed by atoms with van der Waals surface area (Å²) in [6.07, 6.45) is 5.24. The van der Waals surface area contributed by atoms with Crippen LogP contribution in [0.2, 0.25) is 0 Å². The van der Waals surface area contributed by atoms with E-state index in [-0.39, 0.29) is 5.54 Å². The van der Waals surface area contributed by atoms with E-state index in [1.54, 1.807) is 0 Å². The summed E-state index contributed by atoms with van der Waals surface area (Å²) in [7, 11) is 1.97. The van der Waals surface area contributed by atoms with E-state index in [9.17, 15) is 4.79 Å². The van der Waals surface area contributed by atoms with Crippen LogP contribution in [0.25, 0.3) is 0 Å². The van der Waals surface area contributed by atoms with E-state index < -0.39 is 0 Å². The fourth-order valence-electron chi connectivity index (χ4n) is 2.72. The summed E-state index contributed by atoms with van der Waals surface area (Å²) in [5.41, 5.74) is 0.0288. The van der Waals surface area contributed by atoms with Gasteiger partial charge in [-0.1, -0.05) is 13.8 Å². The smallest absolute Gasteiger partial charge is 0.223 e. The highest BCUT2D eigenvalue weighted by atomic mass is 16.2. The molecule has 1 heterocycles. The lowest BCUT2D eigenvalue weighted by Gasteiger charge is -2.45. The summed E-state index contributed by atoms with van der Waals surface area (Å²) in [5, 5.41) is 3.23. The van der Waals surface area contributed by atoms with Crippen molar-refractivity contribution in [2.45, 2.75) is 58.4 Å². The van der Waals surface area contributed by atoms with Gasteiger partial charge < -0.3 is 10.2 Å². The summed E-state index contributed by atoms with van der Waals surface area (Å²) < 4.78 is 0. The summed E-state index contributed by atoms with van der Waals surface area (Å²) in [4.78, 5) is 14.4. The molecule has 1 fully saturated rings. The van der Waals surface area contributed by atoms with Crippen LogP contribution in [0.1, 0.15) is 52.9 Å². The molecule has 1 N–H and O–H groups in total. The molecule has 1 atom stereocenters. The van der Waals surface area contributed by atoms with Gasteiger partial charge in [0.05, 0.1) is 5.54 Å². The molecule has 0 aliphatic carbocycles. The number of nitrogens with one attached hydrogen (secondary N) is 1. The number of amides is 1. The number of carbonyl (C=O) groups is 1. The Balaban J connectivity index is 2.61. The van der Waals surface area contributed by atoms with E-state index in [0.29, 0.717) is 18.2 Å². The summed E-state index contributed by atoms with van der Waals surface area (Å²) in [6.45, 7) is 8.41. The number of likely N-dealkylation sites (tertiary alicyclic amines) is 1. The van der Waals surface area contributed by atoms with Gasteiger partial charge in [0.25, 0.3) is 0 Å². The van der Waals surface area contributed by atoms with Crippen LogP contribution in [0.4, 0.5) is 0 Å². The third-order valence-corrected chi connectivity index (χ3v) is 3.79. The third-order valence-electron chi connectivity index (χ3n) is 3.79. The Hall–Kier alpha value is -0.570. The molecule has 100 valence electrons. The fraction of sp³-hybridized carbons (Fsp3) is 0.929. The number of nitrogens with zero attached hydrogens (tertiary/aromatic N) is 1. The molecule has 1 amide bonds. The highest BCUT2D eigenvalue weighted by molar-refractivity contribution is 5.77. The molecule has 0 aromatic carbocycles. The van der Waals surface area contributed by atoms with E-state index in [2.05, 4.69) is 31.0 Å². The third kappa shape index (κ3) is 3.98.